The van der Waals surface area contributed by atoms with E-state index in [1.807, 2.05) is 0 Å². The van der Waals surface area contributed by atoms with Crippen LogP contribution >= 0.6 is 11.3 Å². The molecule has 1 aromatic heterocycles. The van der Waals surface area contributed by atoms with Crippen molar-refractivity contribution in [2.75, 3.05) is 11.9 Å². The first-order chi connectivity index (χ1) is 9.61. The summed E-state index contributed by atoms with van der Waals surface area (Å²) in [5.41, 5.74) is 7.23. The first kappa shape index (κ1) is 14.3. The van der Waals surface area contributed by atoms with Gasteiger partial charge in [0.15, 0.2) is 0 Å². The van der Waals surface area contributed by atoms with Crippen molar-refractivity contribution in [2.45, 2.75) is 6.92 Å². The minimum atomic E-state index is -0.328. The first-order valence-corrected chi connectivity index (χ1v) is 6.83. The van der Waals surface area contributed by atoms with Gasteiger partial charge in [-0.25, -0.2) is 4.39 Å². The fraction of sp³-hybridized carbons (Fsp3) is 0.133. The lowest BCUT2D eigenvalue weighted by atomic mass is 10.2. The minimum absolute atomic E-state index is 0.244. The molecule has 3 N–H and O–H groups in total. The van der Waals surface area contributed by atoms with Gasteiger partial charge < -0.3 is 11.1 Å². The molecule has 0 saturated heterocycles. The molecular formula is C15H13FN2OS. The molecule has 3 nitrogen and oxygen atoms in total. The lowest BCUT2D eigenvalue weighted by Crippen LogP contribution is -2.12. The zero-order valence-corrected chi connectivity index (χ0v) is 11.7. The molecule has 0 bridgehead atoms. The summed E-state index contributed by atoms with van der Waals surface area (Å²) >= 11 is 1.31. The van der Waals surface area contributed by atoms with Crippen molar-refractivity contribution in [2.24, 2.45) is 5.73 Å². The molecule has 0 aliphatic carbocycles. The molecule has 2 rings (SSSR count). The molecule has 0 atom stereocenters. The Morgan fingerprint density at radius 3 is 2.95 bits per heavy atom. The van der Waals surface area contributed by atoms with E-state index in [0.717, 1.165) is 0 Å². The summed E-state index contributed by atoms with van der Waals surface area (Å²) in [5, 5.41) is 4.56. The summed E-state index contributed by atoms with van der Waals surface area (Å²) in [4.78, 5) is 12.7. The highest BCUT2D eigenvalue weighted by molar-refractivity contribution is 7.12. The second-order valence-electron chi connectivity index (χ2n) is 4.08. The number of aryl methyl sites for hydroxylation is 1. The molecule has 0 unspecified atom stereocenters. The average molecular weight is 288 g/mol. The molecule has 1 heterocycles. The summed E-state index contributed by atoms with van der Waals surface area (Å²) in [7, 11) is 0. The van der Waals surface area contributed by atoms with Crippen LogP contribution in [0.25, 0.3) is 0 Å². The van der Waals surface area contributed by atoms with Gasteiger partial charge in [-0.1, -0.05) is 11.8 Å². The van der Waals surface area contributed by atoms with Crippen molar-refractivity contribution < 1.29 is 9.18 Å². The number of nitrogens with two attached hydrogens (primary N) is 1. The van der Waals surface area contributed by atoms with E-state index < -0.39 is 0 Å². The third kappa shape index (κ3) is 3.23. The van der Waals surface area contributed by atoms with E-state index >= 15 is 0 Å². The van der Waals surface area contributed by atoms with Crippen molar-refractivity contribution in [1.82, 2.24) is 0 Å². The van der Waals surface area contributed by atoms with E-state index in [0.29, 0.717) is 21.7 Å². The number of halogens is 1. The van der Waals surface area contributed by atoms with Crippen molar-refractivity contribution in [3.63, 3.8) is 0 Å². The van der Waals surface area contributed by atoms with Crippen LogP contribution in [0.4, 0.5) is 10.1 Å². The Balaban J connectivity index is 2.22. The van der Waals surface area contributed by atoms with Crippen molar-refractivity contribution in [3.05, 3.63) is 51.5 Å². The molecule has 0 aliphatic heterocycles. The number of anilines is 1. The molecule has 102 valence electrons. The molecule has 1 aromatic carbocycles. The number of rotatable bonds is 2. The number of amides is 1. The topological polar surface area (TPSA) is 55.1 Å². The number of carbonyl (C=O) groups excluding carboxylic acids is 1. The molecule has 0 fully saturated rings. The molecule has 0 saturated carbocycles. The molecule has 0 aliphatic rings. The summed E-state index contributed by atoms with van der Waals surface area (Å²) in [6.07, 6.45) is 0. The zero-order valence-electron chi connectivity index (χ0n) is 10.9. The smallest absolute Gasteiger partial charge is 0.267 e. The van der Waals surface area contributed by atoms with E-state index in [-0.39, 0.29) is 18.3 Å². The molecule has 5 heteroatoms. The Morgan fingerprint density at radius 1 is 1.45 bits per heavy atom. The first-order valence-electron chi connectivity index (χ1n) is 5.95. The molecule has 0 spiro atoms. The molecule has 0 radical (unpaired) electrons. The van der Waals surface area contributed by atoms with Gasteiger partial charge in [-0.15, -0.1) is 11.3 Å². The number of thiophene rings is 1. The van der Waals surface area contributed by atoms with Crippen LogP contribution in [0.2, 0.25) is 0 Å². The summed E-state index contributed by atoms with van der Waals surface area (Å²) in [5.74, 6) is 5.00. The standard InChI is InChI=1S/C15H13FN2OS/c1-10-9-12(16)4-5-13(10)18-15(19)14-11(3-2-7-17)6-8-20-14/h4-6,8-9H,7,17H2,1H3,(H,18,19). The highest BCUT2D eigenvalue weighted by Gasteiger charge is 2.13. The second kappa shape index (κ2) is 6.33. The van der Waals surface area contributed by atoms with Crippen molar-refractivity contribution >= 4 is 22.9 Å². The number of hydrogen-bond acceptors (Lipinski definition) is 3. The zero-order chi connectivity index (χ0) is 14.5. The van der Waals surface area contributed by atoms with Crippen LogP contribution in [0, 0.1) is 24.6 Å². The monoisotopic (exact) mass is 288 g/mol. The van der Waals surface area contributed by atoms with Gasteiger partial charge in [0, 0.05) is 11.3 Å². The average Bonchev–Trinajstić information content (AvgIpc) is 2.88. The van der Waals surface area contributed by atoms with Crippen LogP contribution in [0.3, 0.4) is 0 Å². The maximum Gasteiger partial charge on any atom is 0.267 e. The van der Waals surface area contributed by atoms with Gasteiger partial charge in [0.25, 0.3) is 5.91 Å². The lowest BCUT2D eigenvalue weighted by Gasteiger charge is -2.07. The Kier molecular flexibility index (Phi) is 4.51. The van der Waals surface area contributed by atoms with Gasteiger partial charge in [0.05, 0.1) is 6.54 Å². The van der Waals surface area contributed by atoms with E-state index in [1.165, 1.54) is 23.5 Å². The van der Waals surface area contributed by atoms with Gasteiger partial charge in [-0.2, -0.15) is 0 Å². The Hall–Kier alpha value is -2.16. The van der Waals surface area contributed by atoms with Gasteiger partial charge in [-0.05, 0) is 42.1 Å². The minimum Gasteiger partial charge on any atom is -0.321 e. The number of nitrogens with one attached hydrogen (secondary N) is 1. The third-order valence-electron chi connectivity index (χ3n) is 2.63. The Labute approximate surface area is 120 Å². The molecule has 20 heavy (non-hydrogen) atoms. The van der Waals surface area contributed by atoms with Crippen LogP contribution in [0.1, 0.15) is 20.8 Å². The predicted molar refractivity (Wildman–Crippen MR) is 79.3 cm³/mol. The summed E-state index contributed by atoms with van der Waals surface area (Å²) in [6, 6.07) is 6.01. The molecule has 1 amide bonds. The number of benzene rings is 1. The van der Waals surface area contributed by atoms with E-state index in [4.69, 9.17) is 5.73 Å². The van der Waals surface area contributed by atoms with Gasteiger partial charge >= 0.3 is 0 Å². The van der Waals surface area contributed by atoms with Crippen LogP contribution in [0.5, 0.6) is 0 Å². The van der Waals surface area contributed by atoms with Crippen molar-refractivity contribution in [3.8, 4) is 11.8 Å². The summed E-state index contributed by atoms with van der Waals surface area (Å²) < 4.78 is 13.0. The van der Waals surface area contributed by atoms with Crippen LogP contribution < -0.4 is 11.1 Å². The van der Waals surface area contributed by atoms with Gasteiger partial charge in [0.2, 0.25) is 0 Å². The quantitative estimate of drug-likeness (QED) is 0.835. The fourth-order valence-electron chi connectivity index (χ4n) is 1.68. The molecular weight excluding hydrogens is 275 g/mol. The second-order valence-corrected chi connectivity index (χ2v) is 5.00. The van der Waals surface area contributed by atoms with Gasteiger partial charge in [0.1, 0.15) is 10.7 Å². The lowest BCUT2D eigenvalue weighted by molar-refractivity contribution is 0.103. The number of carbonyl (C=O) groups is 1. The third-order valence-corrected chi connectivity index (χ3v) is 3.55. The van der Waals surface area contributed by atoms with Crippen LogP contribution in [0.15, 0.2) is 29.6 Å². The van der Waals surface area contributed by atoms with Crippen LogP contribution in [-0.4, -0.2) is 12.5 Å². The van der Waals surface area contributed by atoms with Crippen LogP contribution in [-0.2, 0) is 0 Å². The normalized spacial score (nSPS) is 9.75. The van der Waals surface area contributed by atoms with E-state index in [9.17, 15) is 9.18 Å². The largest absolute Gasteiger partial charge is 0.321 e. The maximum absolute atomic E-state index is 13.0. The fourth-order valence-corrected chi connectivity index (χ4v) is 2.42. The Bertz CT molecular complexity index is 697. The maximum atomic E-state index is 13.0. The summed E-state index contributed by atoms with van der Waals surface area (Å²) in [6.45, 7) is 1.98. The number of hydrogen-bond donors (Lipinski definition) is 2. The van der Waals surface area contributed by atoms with Gasteiger partial charge in [-0.3, -0.25) is 4.79 Å². The molecule has 2 aromatic rings. The predicted octanol–water partition coefficient (Wildman–Crippen LogP) is 2.76. The van der Waals surface area contributed by atoms with E-state index in [1.54, 1.807) is 24.4 Å². The van der Waals surface area contributed by atoms with Crippen molar-refractivity contribution in [1.29, 1.82) is 0 Å². The van der Waals surface area contributed by atoms with E-state index in [2.05, 4.69) is 17.2 Å². The SMILES string of the molecule is Cc1cc(F)ccc1NC(=O)c1sccc1C#CCN. The highest BCUT2D eigenvalue weighted by Crippen LogP contribution is 2.20. The highest BCUT2D eigenvalue weighted by atomic mass is 32.1. The Morgan fingerprint density at radius 2 is 2.25 bits per heavy atom.